The topological polar surface area (TPSA) is 62.3 Å². The van der Waals surface area contributed by atoms with Gasteiger partial charge in [0, 0.05) is 25.7 Å². The first-order valence-corrected chi connectivity index (χ1v) is 7.39. The van der Waals surface area contributed by atoms with Crippen molar-refractivity contribution < 1.29 is 4.74 Å². The summed E-state index contributed by atoms with van der Waals surface area (Å²) in [6, 6.07) is 1.22. The molecule has 2 saturated heterocycles. The average Bonchev–Trinajstić information content (AvgIpc) is 2.94. The molecule has 0 aliphatic carbocycles. The van der Waals surface area contributed by atoms with Crippen LogP contribution < -0.4 is 15.4 Å². The van der Waals surface area contributed by atoms with Crippen LogP contribution in [0.2, 0.25) is 0 Å². The third kappa shape index (κ3) is 2.52. The SMILES string of the molecule is CNc1ncnc(NC2CCN3CCCC3C2)c1OC. The van der Waals surface area contributed by atoms with Crippen molar-refractivity contribution in [3.8, 4) is 5.75 Å². The highest BCUT2D eigenvalue weighted by Gasteiger charge is 2.32. The second-order valence-electron chi connectivity index (χ2n) is 5.55. The number of nitrogens with one attached hydrogen (secondary N) is 2. The lowest BCUT2D eigenvalue weighted by molar-refractivity contribution is 0.188. The molecule has 3 heterocycles. The van der Waals surface area contributed by atoms with E-state index in [1.807, 2.05) is 7.05 Å². The van der Waals surface area contributed by atoms with Gasteiger partial charge in [0.05, 0.1) is 7.11 Å². The minimum atomic E-state index is 0.475. The third-order valence-electron chi connectivity index (χ3n) is 4.41. The normalized spacial score (nSPS) is 26.1. The summed E-state index contributed by atoms with van der Waals surface area (Å²) in [4.78, 5) is 11.1. The smallest absolute Gasteiger partial charge is 0.204 e. The first-order valence-electron chi connectivity index (χ1n) is 7.39. The van der Waals surface area contributed by atoms with Crippen LogP contribution in [0.1, 0.15) is 25.7 Å². The molecule has 6 heteroatoms. The van der Waals surface area contributed by atoms with Crippen LogP contribution in [0, 0.1) is 0 Å². The number of hydrogen-bond donors (Lipinski definition) is 2. The van der Waals surface area contributed by atoms with Crippen molar-refractivity contribution in [1.29, 1.82) is 0 Å². The van der Waals surface area contributed by atoms with Gasteiger partial charge in [-0.05, 0) is 32.2 Å². The number of fused-ring (bicyclic) bond motifs is 1. The lowest BCUT2D eigenvalue weighted by Crippen LogP contribution is -2.42. The summed E-state index contributed by atoms with van der Waals surface area (Å²) in [6.07, 6.45) is 6.61. The summed E-state index contributed by atoms with van der Waals surface area (Å²) in [7, 11) is 3.50. The van der Waals surface area contributed by atoms with E-state index in [1.54, 1.807) is 13.4 Å². The van der Waals surface area contributed by atoms with Gasteiger partial charge in [0.2, 0.25) is 5.75 Å². The first-order chi connectivity index (χ1) is 9.81. The van der Waals surface area contributed by atoms with Crippen LogP contribution in [-0.2, 0) is 0 Å². The van der Waals surface area contributed by atoms with E-state index in [4.69, 9.17) is 4.74 Å². The Kier molecular flexibility index (Phi) is 3.91. The van der Waals surface area contributed by atoms with Crippen LogP contribution in [0.15, 0.2) is 6.33 Å². The Balaban J connectivity index is 1.71. The van der Waals surface area contributed by atoms with Crippen molar-refractivity contribution in [3.63, 3.8) is 0 Å². The fourth-order valence-corrected chi connectivity index (χ4v) is 3.40. The molecule has 0 saturated carbocycles. The van der Waals surface area contributed by atoms with E-state index >= 15 is 0 Å². The van der Waals surface area contributed by atoms with Crippen LogP contribution in [0.5, 0.6) is 5.75 Å². The molecule has 2 unspecified atom stereocenters. The summed E-state index contributed by atoms with van der Waals surface area (Å²) in [6.45, 7) is 2.47. The molecule has 0 bridgehead atoms. The van der Waals surface area contributed by atoms with E-state index in [1.165, 1.54) is 38.8 Å². The molecule has 0 aromatic carbocycles. The van der Waals surface area contributed by atoms with E-state index in [2.05, 4.69) is 25.5 Å². The largest absolute Gasteiger partial charge is 0.490 e. The first kappa shape index (κ1) is 13.4. The number of hydrogen-bond acceptors (Lipinski definition) is 6. The third-order valence-corrected chi connectivity index (χ3v) is 4.41. The predicted octanol–water partition coefficient (Wildman–Crippen LogP) is 1.57. The number of nitrogens with zero attached hydrogens (tertiary/aromatic N) is 3. The van der Waals surface area contributed by atoms with Crippen molar-refractivity contribution in [3.05, 3.63) is 6.33 Å². The van der Waals surface area contributed by atoms with E-state index in [0.717, 1.165) is 17.7 Å². The van der Waals surface area contributed by atoms with Crippen molar-refractivity contribution in [2.45, 2.75) is 37.8 Å². The van der Waals surface area contributed by atoms with E-state index < -0.39 is 0 Å². The maximum absolute atomic E-state index is 5.44. The molecule has 2 fully saturated rings. The summed E-state index contributed by atoms with van der Waals surface area (Å²) < 4.78 is 5.44. The van der Waals surface area contributed by atoms with Crippen molar-refractivity contribution >= 4 is 11.6 Å². The zero-order valence-corrected chi connectivity index (χ0v) is 12.2. The Labute approximate surface area is 119 Å². The lowest BCUT2D eigenvalue weighted by atomic mass is 9.97. The lowest BCUT2D eigenvalue weighted by Gasteiger charge is -2.35. The van der Waals surface area contributed by atoms with Gasteiger partial charge < -0.3 is 20.3 Å². The van der Waals surface area contributed by atoms with Gasteiger partial charge in [-0.1, -0.05) is 0 Å². The van der Waals surface area contributed by atoms with Crippen molar-refractivity contribution in [1.82, 2.24) is 14.9 Å². The fraction of sp³-hybridized carbons (Fsp3) is 0.714. The second kappa shape index (κ2) is 5.83. The summed E-state index contributed by atoms with van der Waals surface area (Å²) in [5.41, 5.74) is 0. The monoisotopic (exact) mass is 277 g/mol. The Bertz CT molecular complexity index is 467. The molecule has 0 spiro atoms. The highest BCUT2D eigenvalue weighted by atomic mass is 16.5. The Morgan fingerprint density at radius 1 is 1.25 bits per heavy atom. The highest BCUT2D eigenvalue weighted by molar-refractivity contribution is 5.63. The van der Waals surface area contributed by atoms with Crippen molar-refractivity contribution in [2.75, 3.05) is 37.9 Å². The van der Waals surface area contributed by atoms with Gasteiger partial charge in [0.1, 0.15) is 6.33 Å². The second-order valence-corrected chi connectivity index (χ2v) is 5.55. The molecule has 0 amide bonds. The van der Waals surface area contributed by atoms with E-state index in [9.17, 15) is 0 Å². The zero-order valence-electron chi connectivity index (χ0n) is 12.2. The van der Waals surface area contributed by atoms with E-state index in [-0.39, 0.29) is 0 Å². The van der Waals surface area contributed by atoms with Crippen LogP contribution in [0.25, 0.3) is 0 Å². The Hall–Kier alpha value is -1.56. The number of ether oxygens (including phenoxy) is 1. The van der Waals surface area contributed by atoms with Crippen LogP contribution in [0.3, 0.4) is 0 Å². The number of anilines is 2. The molecule has 6 nitrogen and oxygen atoms in total. The van der Waals surface area contributed by atoms with Gasteiger partial charge in [-0.2, -0.15) is 0 Å². The molecule has 110 valence electrons. The van der Waals surface area contributed by atoms with Crippen molar-refractivity contribution in [2.24, 2.45) is 0 Å². The summed E-state index contributed by atoms with van der Waals surface area (Å²) in [5.74, 6) is 2.22. The number of aromatic nitrogens is 2. The molecular formula is C14H23N5O. The number of piperidine rings is 1. The standard InChI is InChI=1S/C14H23N5O/c1-15-13-12(20-2)14(17-9-16-13)18-10-5-7-19-6-3-4-11(19)8-10/h9-11H,3-8H2,1-2H3,(H2,15,16,17,18). The molecule has 0 radical (unpaired) electrons. The fourth-order valence-electron chi connectivity index (χ4n) is 3.40. The van der Waals surface area contributed by atoms with Gasteiger partial charge in [-0.3, -0.25) is 0 Å². The Morgan fingerprint density at radius 2 is 2.10 bits per heavy atom. The molecule has 1 aromatic heterocycles. The van der Waals surface area contributed by atoms with Gasteiger partial charge in [-0.25, -0.2) is 9.97 Å². The number of rotatable bonds is 4. The molecule has 20 heavy (non-hydrogen) atoms. The number of methoxy groups -OCH3 is 1. The van der Waals surface area contributed by atoms with Crippen LogP contribution in [-0.4, -0.2) is 54.2 Å². The average molecular weight is 277 g/mol. The zero-order chi connectivity index (χ0) is 13.9. The molecular weight excluding hydrogens is 254 g/mol. The van der Waals surface area contributed by atoms with Gasteiger partial charge in [0.15, 0.2) is 11.6 Å². The predicted molar refractivity (Wildman–Crippen MR) is 79.4 cm³/mol. The van der Waals surface area contributed by atoms with Gasteiger partial charge >= 0.3 is 0 Å². The maximum Gasteiger partial charge on any atom is 0.204 e. The van der Waals surface area contributed by atoms with Gasteiger partial charge in [-0.15, -0.1) is 0 Å². The molecule has 2 N–H and O–H groups in total. The molecule has 2 aliphatic heterocycles. The van der Waals surface area contributed by atoms with Crippen LogP contribution in [0.4, 0.5) is 11.6 Å². The molecule has 2 aliphatic rings. The summed E-state index contributed by atoms with van der Waals surface area (Å²) >= 11 is 0. The Morgan fingerprint density at radius 3 is 2.90 bits per heavy atom. The highest BCUT2D eigenvalue weighted by Crippen LogP contribution is 2.32. The maximum atomic E-state index is 5.44. The van der Waals surface area contributed by atoms with Gasteiger partial charge in [0.25, 0.3) is 0 Å². The quantitative estimate of drug-likeness (QED) is 0.871. The summed E-state index contributed by atoms with van der Waals surface area (Å²) in [5, 5.41) is 6.58. The molecule has 3 rings (SSSR count). The molecule has 1 aromatic rings. The van der Waals surface area contributed by atoms with Crippen LogP contribution >= 0.6 is 0 Å². The minimum Gasteiger partial charge on any atom is -0.490 e. The molecule has 2 atom stereocenters. The minimum absolute atomic E-state index is 0.475. The van der Waals surface area contributed by atoms with E-state index in [0.29, 0.717) is 11.8 Å².